The number of hydrogen-bond donors (Lipinski definition) is 2. The molecule has 0 aromatic heterocycles. The molecule has 0 bridgehead atoms. The molecule has 5 heteroatoms. The molecule has 1 aromatic rings. The van der Waals surface area contributed by atoms with Crippen LogP contribution in [0.25, 0.3) is 0 Å². The number of amides is 1. The van der Waals surface area contributed by atoms with Crippen LogP contribution in [0.4, 0.5) is 0 Å². The Hall–Kier alpha value is -2.35. The zero-order chi connectivity index (χ0) is 12.8. The second kappa shape index (κ2) is 5.66. The molecule has 0 aliphatic rings. The molecule has 1 aromatic carbocycles. The molecule has 0 saturated heterocycles. The van der Waals surface area contributed by atoms with E-state index in [-0.39, 0.29) is 6.42 Å². The number of hydrogen-bond acceptors (Lipinski definition) is 3. The number of carbonyl (C=O) groups excluding carboxylic acids is 1. The summed E-state index contributed by atoms with van der Waals surface area (Å²) in [5.41, 5.74) is 1.19. The molecule has 0 saturated carbocycles. The average molecular weight is 232 g/mol. The van der Waals surface area contributed by atoms with Crippen LogP contribution in [0.3, 0.4) is 0 Å². The lowest BCUT2D eigenvalue weighted by Gasteiger charge is -2.09. The number of rotatable bonds is 4. The number of nitrogens with one attached hydrogen (secondary N) is 1. The van der Waals surface area contributed by atoms with Gasteiger partial charge in [-0.1, -0.05) is 12.1 Å². The zero-order valence-corrected chi connectivity index (χ0v) is 9.30. The van der Waals surface area contributed by atoms with Crippen LogP contribution in [-0.2, 0) is 11.2 Å². The smallest absolute Gasteiger partial charge is 0.325 e. The molecule has 0 fully saturated rings. The minimum absolute atomic E-state index is 0.285. The minimum Gasteiger partial charge on any atom is -0.480 e. The third-order valence-electron chi connectivity index (χ3n) is 2.22. The SMILES string of the molecule is C[C@H](NC(=O)c1ccc(CC#N)cc1)C(=O)O. The van der Waals surface area contributed by atoms with Crippen LogP contribution >= 0.6 is 0 Å². The molecular formula is C12H12N2O3. The molecule has 0 aliphatic heterocycles. The highest BCUT2D eigenvalue weighted by atomic mass is 16.4. The van der Waals surface area contributed by atoms with E-state index in [0.717, 1.165) is 5.56 Å². The normalized spacial score (nSPS) is 11.3. The Kier molecular flexibility index (Phi) is 4.23. The van der Waals surface area contributed by atoms with E-state index in [9.17, 15) is 9.59 Å². The van der Waals surface area contributed by atoms with Gasteiger partial charge in [0.1, 0.15) is 6.04 Å². The zero-order valence-electron chi connectivity index (χ0n) is 9.30. The van der Waals surface area contributed by atoms with Gasteiger partial charge >= 0.3 is 5.97 Å². The van der Waals surface area contributed by atoms with E-state index in [0.29, 0.717) is 5.56 Å². The van der Waals surface area contributed by atoms with Gasteiger partial charge < -0.3 is 10.4 Å². The largest absolute Gasteiger partial charge is 0.480 e. The van der Waals surface area contributed by atoms with Crippen molar-refractivity contribution in [2.75, 3.05) is 0 Å². The van der Waals surface area contributed by atoms with Crippen molar-refractivity contribution in [3.05, 3.63) is 35.4 Å². The molecule has 17 heavy (non-hydrogen) atoms. The molecule has 1 amide bonds. The van der Waals surface area contributed by atoms with Crippen molar-refractivity contribution in [2.24, 2.45) is 0 Å². The van der Waals surface area contributed by atoms with Crippen LogP contribution in [0.2, 0.25) is 0 Å². The lowest BCUT2D eigenvalue weighted by Crippen LogP contribution is -2.38. The summed E-state index contributed by atoms with van der Waals surface area (Å²) < 4.78 is 0. The first-order valence-corrected chi connectivity index (χ1v) is 5.04. The lowest BCUT2D eigenvalue weighted by molar-refractivity contribution is -0.138. The van der Waals surface area contributed by atoms with Crippen molar-refractivity contribution in [1.82, 2.24) is 5.32 Å². The third-order valence-corrected chi connectivity index (χ3v) is 2.22. The summed E-state index contributed by atoms with van der Waals surface area (Å²) in [5, 5.41) is 19.5. The maximum Gasteiger partial charge on any atom is 0.325 e. The molecule has 1 atom stereocenters. The van der Waals surface area contributed by atoms with Crippen molar-refractivity contribution >= 4 is 11.9 Å². The van der Waals surface area contributed by atoms with E-state index in [4.69, 9.17) is 10.4 Å². The Bertz CT molecular complexity index is 460. The molecule has 0 aliphatic carbocycles. The van der Waals surface area contributed by atoms with E-state index < -0.39 is 17.9 Å². The second-order valence-corrected chi connectivity index (χ2v) is 3.57. The summed E-state index contributed by atoms with van der Waals surface area (Å²) in [6, 6.07) is 7.54. The molecule has 88 valence electrons. The fourth-order valence-electron chi connectivity index (χ4n) is 1.21. The quantitative estimate of drug-likeness (QED) is 0.808. The monoisotopic (exact) mass is 232 g/mol. The number of carboxylic acids is 1. The molecular weight excluding hydrogens is 220 g/mol. The van der Waals surface area contributed by atoms with Crippen molar-refractivity contribution in [3.8, 4) is 6.07 Å². The summed E-state index contributed by atoms with van der Waals surface area (Å²) in [6.07, 6.45) is 0.285. The molecule has 0 unspecified atom stereocenters. The topological polar surface area (TPSA) is 90.2 Å². The van der Waals surface area contributed by atoms with E-state index in [1.165, 1.54) is 6.92 Å². The molecule has 1 rings (SSSR count). The Morgan fingerprint density at radius 1 is 1.41 bits per heavy atom. The van der Waals surface area contributed by atoms with Crippen LogP contribution in [-0.4, -0.2) is 23.0 Å². The van der Waals surface area contributed by atoms with Crippen LogP contribution in [0.1, 0.15) is 22.8 Å². The first kappa shape index (κ1) is 12.7. The number of carboxylic acid groups (broad SMARTS) is 1. The number of nitrogens with zero attached hydrogens (tertiary/aromatic N) is 1. The van der Waals surface area contributed by atoms with Crippen molar-refractivity contribution < 1.29 is 14.7 Å². The fourth-order valence-corrected chi connectivity index (χ4v) is 1.21. The summed E-state index contributed by atoms with van der Waals surface area (Å²) in [5.74, 6) is -1.53. The van der Waals surface area contributed by atoms with E-state index in [1.54, 1.807) is 24.3 Å². The van der Waals surface area contributed by atoms with Crippen LogP contribution in [0.15, 0.2) is 24.3 Å². The van der Waals surface area contributed by atoms with Crippen molar-refractivity contribution in [1.29, 1.82) is 5.26 Å². The molecule has 0 radical (unpaired) electrons. The Labute approximate surface area is 98.7 Å². The lowest BCUT2D eigenvalue weighted by atomic mass is 10.1. The molecule has 0 heterocycles. The van der Waals surface area contributed by atoms with Gasteiger partial charge in [-0.2, -0.15) is 5.26 Å². The first-order valence-electron chi connectivity index (χ1n) is 5.04. The van der Waals surface area contributed by atoms with Crippen LogP contribution < -0.4 is 5.32 Å². The molecule has 0 spiro atoms. The number of nitriles is 1. The standard InChI is InChI=1S/C12H12N2O3/c1-8(12(16)17)14-11(15)10-4-2-9(3-5-10)6-7-13/h2-5,8H,6H2,1H3,(H,14,15)(H,16,17)/t8-/m0/s1. The number of aliphatic carboxylic acids is 1. The number of carbonyl (C=O) groups is 2. The average Bonchev–Trinajstić information content (AvgIpc) is 2.30. The first-order chi connectivity index (χ1) is 8.04. The summed E-state index contributed by atoms with van der Waals surface area (Å²) in [7, 11) is 0. The van der Waals surface area contributed by atoms with Gasteiger partial charge in [-0.15, -0.1) is 0 Å². The van der Waals surface area contributed by atoms with Crippen molar-refractivity contribution in [3.63, 3.8) is 0 Å². The van der Waals surface area contributed by atoms with E-state index in [1.807, 2.05) is 6.07 Å². The Morgan fingerprint density at radius 3 is 2.47 bits per heavy atom. The van der Waals surface area contributed by atoms with Gasteiger partial charge in [-0.05, 0) is 24.6 Å². The minimum atomic E-state index is -1.08. The number of benzene rings is 1. The van der Waals surface area contributed by atoms with Gasteiger partial charge in [-0.25, -0.2) is 0 Å². The van der Waals surface area contributed by atoms with Crippen LogP contribution in [0.5, 0.6) is 0 Å². The van der Waals surface area contributed by atoms with E-state index >= 15 is 0 Å². The highest BCUT2D eigenvalue weighted by Crippen LogP contribution is 2.05. The summed E-state index contributed by atoms with van der Waals surface area (Å²) in [4.78, 5) is 22.1. The maximum absolute atomic E-state index is 11.6. The predicted molar refractivity (Wildman–Crippen MR) is 60.3 cm³/mol. The van der Waals surface area contributed by atoms with Gasteiger partial charge in [-0.3, -0.25) is 9.59 Å². The predicted octanol–water partition coefficient (Wildman–Crippen LogP) is 0.956. The van der Waals surface area contributed by atoms with Crippen molar-refractivity contribution in [2.45, 2.75) is 19.4 Å². The maximum atomic E-state index is 11.6. The van der Waals surface area contributed by atoms with Crippen LogP contribution in [0, 0.1) is 11.3 Å². The van der Waals surface area contributed by atoms with Gasteiger partial charge in [0, 0.05) is 5.56 Å². The van der Waals surface area contributed by atoms with Gasteiger partial charge in [0.25, 0.3) is 5.91 Å². The summed E-state index contributed by atoms with van der Waals surface area (Å²) in [6.45, 7) is 1.39. The summed E-state index contributed by atoms with van der Waals surface area (Å²) >= 11 is 0. The molecule has 2 N–H and O–H groups in total. The Balaban J connectivity index is 2.70. The third kappa shape index (κ3) is 3.61. The molecule has 5 nitrogen and oxygen atoms in total. The van der Waals surface area contributed by atoms with Gasteiger partial charge in [0.05, 0.1) is 12.5 Å². The van der Waals surface area contributed by atoms with Gasteiger partial charge in [0.2, 0.25) is 0 Å². The fraction of sp³-hybridized carbons (Fsp3) is 0.250. The highest BCUT2D eigenvalue weighted by Gasteiger charge is 2.14. The highest BCUT2D eigenvalue weighted by molar-refractivity contribution is 5.96. The van der Waals surface area contributed by atoms with E-state index in [2.05, 4.69) is 5.32 Å². The Morgan fingerprint density at radius 2 is 2.00 bits per heavy atom. The van der Waals surface area contributed by atoms with Gasteiger partial charge in [0.15, 0.2) is 0 Å². The second-order valence-electron chi connectivity index (χ2n) is 3.57.